The first-order valence-electron chi connectivity index (χ1n) is 10.4. The van der Waals surface area contributed by atoms with Crippen LogP contribution in [0.25, 0.3) is 5.69 Å². The molecule has 0 aliphatic heterocycles. The summed E-state index contributed by atoms with van der Waals surface area (Å²) in [7, 11) is 0. The summed E-state index contributed by atoms with van der Waals surface area (Å²) in [6.45, 7) is 0.0801. The van der Waals surface area contributed by atoms with E-state index in [0.717, 1.165) is 17.8 Å². The first kappa shape index (κ1) is 24.8. The topological polar surface area (TPSA) is 74.6 Å². The Bertz CT molecular complexity index is 1180. The predicted molar refractivity (Wildman–Crippen MR) is 117 cm³/mol. The van der Waals surface area contributed by atoms with Gasteiger partial charge in [0.25, 0.3) is 0 Å². The van der Waals surface area contributed by atoms with Crippen molar-refractivity contribution in [2.45, 2.75) is 33.3 Å². The van der Waals surface area contributed by atoms with Crippen molar-refractivity contribution in [2.24, 2.45) is 0 Å². The second kappa shape index (κ2) is 10.8. The predicted octanol–water partition coefficient (Wildman–Crippen LogP) is 5.22. The Morgan fingerprint density at radius 3 is 2.18 bits per heavy atom. The van der Waals surface area contributed by atoms with Gasteiger partial charge in [-0.15, -0.1) is 0 Å². The summed E-state index contributed by atoms with van der Waals surface area (Å²) >= 11 is 0. The average molecular weight is 473 g/mol. The van der Waals surface area contributed by atoms with Crippen LogP contribution in [0.4, 0.5) is 13.2 Å². The number of esters is 1. The normalized spacial score (nSPS) is 10.9. The third-order valence-corrected chi connectivity index (χ3v) is 5.14. The molecule has 3 rings (SSSR count). The maximum absolute atomic E-state index is 12.9. The fourth-order valence-electron chi connectivity index (χ4n) is 3.51. The van der Waals surface area contributed by atoms with Gasteiger partial charge >= 0.3 is 12.6 Å². The number of benzene rings is 2. The smallest absolute Gasteiger partial charge is 0.387 e. The van der Waals surface area contributed by atoms with Gasteiger partial charge < -0.3 is 14.0 Å². The number of carbonyl (C=O) groups excluding carboxylic acids is 3. The van der Waals surface area contributed by atoms with E-state index in [1.54, 1.807) is 36.6 Å². The number of aromatic nitrogens is 1. The molecule has 0 atom stereocenters. The molecule has 34 heavy (non-hydrogen) atoms. The van der Waals surface area contributed by atoms with Crippen LogP contribution in [0.1, 0.15) is 44.9 Å². The van der Waals surface area contributed by atoms with Gasteiger partial charge in [-0.25, -0.2) is 4.39 Å². The van der Waals surface area contributed by atoms with Crippen molar-refractivity contribution in [1.82, 2.24) is 4.57 Å². The van der Waals surface area contributed by atoms with E-state index in [-0.39, 0.29) is 29.9 Å². The monoisotopic (exact) mass is 473 g/mol. The highest BCUT2D eigenvalue weighted by Gasteiger charge is 2.19. The maximum Gasteiger partial charge on any atom is 0.387 e. The van der Waals surface area contributed by atoms with Crippen molar-refractivity contribution < 1.29 is 37.0 Å². The Balaban J connectivity index is 1.58. The van der Waals surface area contributed by atoms with Crippen LogP contribution >= 0.6 is 0 Å². The minimum absolute atomic E-state index is 0.0161. The third kappa shape index (κ3) is 6.12. The van der Waals surface area contributed by atoms with Crippen molar-refractivity contribution in [2.75, 3.05) is 6.61 Å². The molecule has 0 saturated heterocycles. The zero-order chi connectivity index (χ0) is 24.8. The van der Waals surface area contributed by atoms with E-state index in [1.807, 2.05) is 0 Å². The molecule has 0 radical (unpaired) electrons. The zero-order valence-corrected chi connectivity index (χ0v) is 18.5. The lowest BCUT2D eigenvalue weighted by Gasteiger charge is -2.11. The molecule has 9 heteroatoms. The van der Waals surface area contributed by atoms with Gasteiger partial charge in [-0.3, -0.25) is 14.4 Å². The highest BCUT2D eigenvalue weighted by molar-refractivity contribution is 6.00. The Morgan fingerprint density at radius 2 is 1.56 bits per heavy atom. The first-order chi connectivity index (χ1) is 16.2. The molecule has 0 aliphatic carbocycles. The second-order valence-corrected chi connectivity index (χ2v) is 7.51. The number of carbonyl (C=O) groups is 3. The lowest BCUT2D eigenvalue weighted by Crippen LogP contribution is -2.15. The van der Waals surface area contributed by atoms with E-state index in [1.165, 1.54) is 24.3 Å². The number of halogens is 3. The molecular formula is C25H22F3NO5. The Labute approximate surface area is 193 Å². The zero-order valence-electron chi connectivity index (χ0n) is 18.5. The van der Waals surface area contributed by atoms with Crippen LogP contribution in [0.5, 0.6) is 5.75 Å². The van der Waals surface area contributed by atoms with Crippen LogP contribution in [-0.4, -0.2) is 35.3 Å². The van der Waals surface area contributed by atoms with Gasteiger partial charge in [0.2, 0.25) is 5.78 Å². The summed E-state index contributed by atoms with van der Waals surface area (Å²) in [4.78, 5) is 36.7. The molecule has 3 aromatic rings. The quantitative estimate of drug-likeness (QED) is 0.298. The summed E-state index contributed by atoms with van der Waals surface area (Å²) < 4.78 is 48.8. The Kier molecular flexibility index (Phi) is 7.88. The number of Topliss-reactive ketones (excluding diaryl/α,β-unsaturated/α-hetero) is 2. The summed E-state index contributed by atoms with van der Waals surface area (Å²) in [6.07, 6.45) is -0.339. The van der Waals surface area contributed by atoms with Crippen molar-refractivity contribution in [1.29, 1.82) is 0 Å². The van der Waals surface area contributed by atoms with E-state index in [2.05, 4.69) is 4.74 Å². The number of nitrogens with zero attached hydrogens (tertiary/aromatic N) is 1. The van der Waals surface area contributed by atoms with Crippen LogP contribution in [0.3, 0.4) is 0 Å². The van der Waals surface area contributed by atoms with Crippen molar-refractivity contribution in [3.8, 4) is 11.4 Å². The molecule has 0 N–H and O–H groups in total. The van der Waals surface area contributed by atoms with Crippen molar-refractivity contribution in [3.63, 3.8) is 0 Å². The van der Waals surface area contributed by atoms with Crippen LogP contribution in [0.15, 0.2) is 54.6 Å². The molecule has 2 aromatic carbocycles. The van der Waals surface area contributed by atoms with Crippen molar-refractivity contribution >= 4 is 17.5 Å². The molecule has 1 heterocycles. The first-order valence-corrected chi connectivity index (χ1v) is 10.4. The number of ketones is 2. The molecule has 0 aliphatic rings. The molecule has 6 nitrogen and oxygen atoms in total. The second-order valence-electron chi connectivity index (χ2n) is 7.51. The Hall–Kier alpha value is -3.88. The van der Waals surface area contributed by atoms with Crippen LogP contribution in [0, 0.1) is 19.7 Å². The molecule has 0 amide bonds. The van der Waals surface area contributed by atoms with E-state index in [0.29, 0.717) is 16.9 Å². The Morgan fingerprint density at radius 1 is 0.912 bits per heavy atom. The summed E-state index contributed by atoms with van der Waals surface area (Å²) in [5.41, 5.74) is 2.59. The SMILES string of the molecule is Cc1cc(C(=O)COC(=O)CCC(=O)c2ccc(F)cc2)c(C)n1-c1ccc(OC(F)F)cc1. The van der Waals surface area contributed by atoms with Gasteiger partial charge in [0.05, 0.1) is 6.42 Å². The summed E-state index contributed by atoms with van der Waals surface area (Å²) in [5.74, 6) is -1.91. The largest absolute Gasteiger partial charge is 0.457 e. The maximum atomic E-state index is 12.9. The van der Waals surface area contributed by atoms with E-state index < -0.39 is 30.8 Å². The number of hydrogen-bond donors (Lipinski definition) is 0. The van der Waals surface area contributed by atoms with E-state index >= 15 is 0 Å². The lowest BCUT2D eigenvalue weighted by atomic mass is 10.1. The number of ether oxygens (including phenoxy) is 2. The standard InChI is InChI=1S/C25H22F3NO5/c1-15-13-21(16(2)29(15)19-7-9-20(10-8-19)34-25(27)28)23(31)14-33-24(32)12-11-22(30)17-3-5-18(26)6-4-17/h3-10,13,25H,11-12,14H2,1-2H3. The van der Waals surface area contributed by atoms with Gasteiger partial charge in [0, 0.05) is 34.6 Å². The summed E-state index contributed by atoms with van der Waals surface area (Å²) in [5, 5.41) is 0. The van der Waals surface area contributed by atoms with Gasteiger partial charge in [0.15, 0.2) is 12.4 Å². The molecule has 178 valence electrons. The minimum Gasteiger partial charge on any atom is -0.457 e. The third-order valence-electron chi connectivity index (χ3n) is 5.14. The van der Waals surface area contributed by atoms with Gasteiger partial charge in [-0.1, -0.05) is 0 Å². The lowest BCUT2D eigenvalue weighted by molar-refractivity contribution is -0.142. The fourth-order valence-corrected chi connectivity index (χ4v) is 3.51. The fraction of sp³-hybridized carbons (Fsp3) is 0.240. The van der Waals surface area contributed by atoms with Gasteiger partial charge in [-0.2, -0.15) is 8.78 Å². The molecule has 0 unspecified atom stereocenters. The number of hydrogen-bond acceptors (Lipinski definition) is 5. The van der Waals surface area contributed by atoms with Crippen molar-refractivity contribution in [3.05, 3.63) is 82.9 Å². The molecular weight excluding hydrogens is 451 g/mol. The number of rotatable bonds is 10. The molecule has 0 fully saturated rings. The molecule has 1 aromatic heterocycles. The number of alkyl halides is 2. The highest BCUT2D eigenvalue weighted by Crippen LogP contribution is 2.24. The van der Waals surface area contributed by atoms with Gasteiger partial charge in [0.1, 0.15) is 11.6 Å². The van der Waals surface area contributed by atoms with Crippen LogP contribution in [-0.2, 0) is 9.53 Å². The van der Waals surface area contributed by atoms with Crippen LogP contribution < -0.4 is 4.74 Å². The van der Waals surface area contributed by atoms with Gasteiger partial charge in [-0.05, 0) is 68.4 Å². The highest BCUT2D eigenvalue weighted by atomic mass is 19.3. The number of aryl methyl sites for hydroxylation is 1. The minimum atomic E-state index is -2.92. The average Bonchev–Trinajstić information content (AvgIpc) is 3.10. The van der Waals surface area contributed by atoms with E-state index in [4.69, 9.17) is 4.74 Å². The van der Waals surface area contributed by atoms with Crippen LogP contribution in [0.2, 0.25) is 0 Å². The molecule has 0 saturated carbocycles. The molecule has 0 bridgehead atoms. The summed E-state index contributed by atoms with van der Waals surface area (Å²) in [6, 6.07) is 12.6. The molecule has 0 spiro atoms. The van der Waals surface area contributed by atoms with E-state index in [9.17, 15) is 27.6 Å².